The van der Waals surface area contributed by atoms with Gasteiger partial charge in [0.15, 0.2) is 9.84 Å². The van der Waals surface area contributed by atoms with Gasteiger partial charge in [0.05, 0.1) is 4.90 Å². The third-order valence-electron chi connectivity index (χ3n) is 1.28. The zero-order valence-corrected chi connectivity index (χ0v) is 7.85. The zero-order valence-electron chi connectivity index (χ0n) is 6.28. The summed E-state index contributed by atoms with van der Waals surface area (Å²) in [5, 5.41) is 9.21. The summed E-state index contributed by atoms with van der Waals surface area (Å²) in [5.74, 6) is -0.150. The molecule has 0 fully saturated rings. The Labute approximate surface area is 75.5 Å². The number of phenolic OH excluding ortho intramolecular Hbond substituents is 1. The molecule has 5 heteroatoms. The molecule has 0 aromatic heterocycles. The molecule has 0 aliphatic rings. The standard InChI is InChI=1S/C7H7ClO3S/c1-12(10,11)7-3-5(8)2-6(9)4-7/h2-4,9H,1H3. The number of rotatable bonds is 1. The van der Waals surface area contributed by atoms with Crippen LogP contribution >= 0.6 is 11.6 Å². The van der Waals surface area contributed by atoms with E-state index < -0.39 is 9.84 Å². The first-order chi connectivity index (χ1) is 5.39. The normalized spacial score (nSPS) is 11.5. The smallest absolute Gasteiger partial charge is 0.175 e. The van der Waals surface area contributed by atoms with Crippen LogP contribution in [0.25, 0.3) is 0 Å². The molecule has 1 aromatic carbocycles. The van der Waals surface area contributed by atoms with E-state index in [2.05, 4.69) is 0 Å². The van der Waals surface area contributed by atoms with Gasteiger partial charge in [0, 0.05) is 11.3 Å². The van der Waals surface area contributed by atoms with E-state index >= 15 is 0 Å². The monoisotopic (exact) mass is 206 g/mol. The maximum Gasteiger partial charge on any atom is 0.175 e. The number of sulfone groups is 1. The Morgan fingerprint density at radius 2 is 1.92 bits per heavy atom. The average Bonchev–Trinajstić information content (AvgIpc) is 1.82. The summed E-state index contributed by atoms with van der Waals surface area (Å²) >= 11 is 5.53. The highest BCUT2D eigenvalue weighted by Gasteiger charge is 2.08. The molecule has 66 valence electrons. The van der Waals surface area contributed by atoms with Crippen molar-refractivity contribution in [3.63, 3.8) is 0 Å². The Bertz CT molecular complexity index is 377. The Hall–Kier alpha value is -0.740. The van der Waals surface area contributed by atoms with E-state index in [1.807, 2.05) is 0 Å². The van der Waals surface area contributed by atoms with Crippen LogP contribution < -0.4 is 0 Å². The first-order valence-corrected chi connectivity index (χ1v) is 5.36. The number of hydrogen-bond acceptors (Lipinski definition) is 3. The summed E-state index contributed by atoms with van der Waals surface area (Å²) in [6.07, 6.45) is 1.05. The van der Waals surface area contributed by atoms with E-state index in [4.69, 9.17) is 16.7 Å². The Morgan fingerprint density at radius 3 is 2.33 bits per heavy atom. The molecule has 3 nitrogen and oxygen atoms in total. The predicted molar refractivity (Wildman–Crippen MR) is 46.2 cm³/mol. The van der Waals surface area contributed by atoms with E-state index in [0.717, 1.165) is 12.3 Å². The number of benzene rings is 1. The molecule has 1 N–H and O–H groups in total. The lowest BCUT2D eigenvalue weighted by Gasteiger charge is -1.99. The first kappa shape index (κ1) is 9.35. The topological polar surface area (TPSA) is 54.4 Å². The third kappa shape index (κ3) is 2.12. The van der Waals surface area contributed by atoms with Crippen LogP contribution in [0, 0.1) is 0 Å². The molecule has 0 spiro atoms. The number of aromatic hydroxyl groups is 1. The molecule has 1 rings (SSSR count). The van der Waals surface area contributed by atoms with Crippen LogP contribution in [-0.2, 0) is 9.84 Å². The summed E-state index contributed by atoms with van der Waals surface area (Å²) in [5.41, 5.74) is 0. The summed E-state index contributed by atoms with van der Waals surface area (Å²) in [6, 6.07) is 3.72. The summed E-state index contributed by atoms with van der Waals surface area (Å²) in [7, 11) is -3.29. The number of phenols is 1. The van der Waals surface area contributed by atoms with Gasteiger partial charge in [-0.05, 0) is 18.2 Å². The molecule has 0 radical (unpaired) electrons. The zero-order chi connectivity index (χ0) is 9.35. The highest BCUT2D eigenvalue weighted by molar-refractivity contribution is 7.90. The van der Waals surface area contributed by atoms with E-state index in [-0.39, 0.29) is 15.7 Å². The molecule has 0 saturated carbocycles. The lowest BCUT2D eigenvalue weighted by Crippen LogP contribution is -1.96. The van der Waals surface area contributed by atoms with Crippen molar-refractivity contribution in [1.82, 2.24) is 0 Å². The Morgan fingerprint density at radius 1 is 1.33 bits per heavy atom. The minimum absolute atomic E-state index is 0.0208. The largest absolute Gasteiger partial charge is 0.508 e. The maximum absolute atomic E-state index is 11.0. The SMILES string of the molecule is CS(=O)(=O)c1cc(O)cc(Cl)c1. The van der Waals surface area contributed by atoms with Crippen molar-refractivity contribution in [2.45, 2.75) is 4.90 Å². The highest BCUT2D eigenvalue weighted by Crippen LogP contribution is 2.22. The number of halogens is 1. The first-order valence-electron chi connectivity index (χ1n) is 3.09. The molecule has 0 heterocycles. The van der Waals surface area contributed by atoms with Gasteiger partial charge >= 0.3 is 0 Å². The average molecular weight is 207 g/mol. The van der Waals surface area contributed by atoms with Crippen molar-refractivity contribution in [3.05, 3.63) is 23.2 Å². The van der Waals surface area contributed by atoms with Crippen molar-refractivity contribution in [3.8, 4) is 5.75 Å². The molecule has 0 saturated heterocycles. The van der Waals surface area contributed by atoms with Crippen LogP contribution in [0.1, 0.15) is 0 Å². The van der Waals surface area contributed by atoms with Gasteiger partial charge in [-0.25, -0.2) is 8.42 Å². The van der Waals surface area contributed by atoms with Crippen LogP contribution in [-0.4, -0.2) is 19.8 Å². The lowest BCUT2D eigenvalue weighted by molar-refractivity contribution is 0.473. The van der Waals surface area contributed by atoms with Crippen molar-refractivity contribution < 1.29 is 13.5 Å². The van der Waals surface area contributed by atoms with Gasteiger partial charge in [0.2, 0.25) is 0 Å². The van der Waals surface area contributed by atoms with Crippen LogP contribution in [0.15, 0.2) is 23.1 Å². The van der Waals surface area contributed by atoms with Crippen LogP contribution in [0.3, 0.4) is 0 Å². The van der Waals surface area contributed by atoms with Crippen LogP contribution in [0.5, 0.6) is 5.75 Å². The molecule has 12 heavy (non-hydrogen) atoms. The molecular weight excluding hydrogens is 200 g/mol. The molecule has 0 unspecified atom stereocenters. The predicted octanol–water partition coefficient (Wildman–Crippen LogP) is 1.45. The van der Waals surface area contributed by atoms with Gasteiger partial charge in [-0.2, -0.15) is 0 Å². The van der Waals surface area contributed by atoms with Crippen LogP contribution in [0.2, 0.25) is 5.02 Å². The summed E-state index contributed by atoms with van der Waals surface area (Å²) < 4.78 is 21.9. The fraction of sp³-hybridized carbons (Fsp3) is 0.143. The van der Waals surface area contributed by atoms with Crippen molar-refractivity contribution in [2.75, 3.05) is 6.26 Å². The van der Waals surface area contributed by atoms with Gasteiger partial charge < -0.3 is 5.11 Å². The quantitative estimate of drug-likeness (QED) is 0.757. The van der Waals surface area contributed by atoms with E-state index in [1.165, 1.54) is 12.1 Å². The third-order valence-corrected chi connectivity index (χ3v) is 2.59. The molecule has 0 amide bonds. The van der Waals surface area contributed by atoms with E-state index in [0.29, 0.717) is 0 Å². The van der Waals surface area contributed by atoms with Gasteiger partial charge in [-0.3, -0.25) is 0 Å². The maximum atomic E-state index is 11.0. The van der Waals surface area contributed by atoms with Crippen molar-refractivity contribution in [2.24, 2.45) is 0 Å². The Balaban J connectivity index is 3.37. The summed E-state index contributed by atoms with van der Waals surface area (Å²) in [6.45, 7) is 0. The second kappa shape index (κ2) is 2.95. The van der Waals surface area contributed by atoms with Gasteiger partial charge in [0.1, 0.15) is 5.75 Å². The molecule has 0 aliphatic heterocycles. The van der Waals surface area contributed by atoms with Gasteiger partial charge in [0.25, 0.3) is 0 Å². The summed E-state index contributed by atoms with van der Waals surface area (Å²) in [4.78, 5) is 0.0208. The number of hydrogen-bond donors (Lipinski definition) is 1. The minimum atomic E-state index is -3.29. The molecule has 0 aliphatic carbocycles. The lowest BCUT2D eigenvalue weighted by atomic mass is 10.3. The van der Waals surface area contributed by atoms with E-state index in [1.54, 1.807) is 0 Å². The molecule has 1 aromatic rings. The second-order valence-corrected chi connectivity index (χ2v) is 4.87. The van der Waals surface area contributed by atoms with E-state index in [9.17, 15) is 8.42 Å². The fourth-order valence-electron chi connectivity index (χ4n) is 0.762. The van der Waals surface area contributed by atoms with Crippen LogP contribution in [0.4, 0.5) is 0 Å². The van der Waals surface area contributed by atoms with Gasteiger partial charge in [-0.1, -0.05) is 11.6 Å². The molecule has 0 atom stereocenters. The highest BCUT2D eigenvalue weighted by atomic mass is 35.5. The minimum Gasteiger partial charge on any atom is -0.508 e. The molecule has 0 bridgehead atoms. The fourth-order valence-corrected chi connectivity index (χ4v) is 1.73. The van der Waals surface area contributed by atoms with Gasteiger partial charge in [-0.15, -0.1) is 0 Å². The molecular formula is C7H7ClO3S. The van der Waals surface area contributed by atoms with Crippen molar-refractivity contribution in [1.29, 1.82) is 0 Å². The van der Waals surface area contributed by atoms with Crippen molar-refractivity contribution >= 4 is 21.4 Å². The second-order valence-electron chi connectivity index (χ2n) is 2.42. The Kier molecular flexibility index (Phi) is 2.30.